The van der Waals surface area contributed by atoms with Gasteiger partial charge in [-0.15, -0.1) is 0 Å². The number of nitrogens with zero attached hydrogens (tertiary/aromatic N) is 1. The minimum atomic E-state index is -0.403. The molecule has 21 heavy (non-hydrogen) atoms. The summed E-state index contributed by atoms with van der Waals surface area (Å²) in [5.74, 6) is 0.610. The zero-order valence-electron chi connectivity index (χ0n) is 12.1. The lowest BCUT2D eigenvalue weighted by Gasteiger charge is -2.39. The summed E-state index contributed by atoms with van der Waals surface area (Å²) in [6.45, 7) is 2.93. The van der Waals surface area contributed by atoms with Gasteiger partial charge in [-0.25, -0.2) is 0 Å². The lowest BCUT2D eigenvalue weighted by molar-refractivity contribution is -0.384. The molecule has 0 heterocycles. The van der Waals surface area contributed by atoms with Gasteiger partial charge in [0.25, 0.3) is 5.69 Å². The number of non-ortho nitro benzene ring substituents is 1. The Morgan fingerprint density at radius 3 is 2.90 bits per heavy atom. The summed E-state index contributed by atoms with van der Waals surface area (Å²) in [5, 5.41) is 24.0. The van der Waals surface area contributed by atoms with Gasteiger partial charge in [-0.2, -0.15) is 0 Å². The fraction of sp³-hybridized carbons (Fsp3) is 0.600. The van der Waals surface area contributed by atoms with Crippen LogP contribution in [0.3, 0.4) is 0 Å². The second-order valence-corrected chi connectivity index (χ2v) is 6.88. The van der Waals surface area contributed by atoms with E-state index in [1.807, 2.05) is 0 Å². The van der Waals surface area contributed by atoms with E-state index >= 15 is 0 Å². The molecule has 1 fully saturated rings. The Balaban J connectivity index is 2.06. The van der Waals surface area contributed by atoms with Crippen molar-refractivity contribution in [3.8, 4) is 0 Å². The minimum absolute atomic E-state index is 0.0776. The number of nitro groups is 1. The summed E-state index contributed by atoms with van der Waals surface area (Å²) in [6.07, 6.45) is 4.27. The van der Waals surface area contributed by atoms with E-state index in [1.54, 1.807) is 6.07 Å². The van der Waals surface area contributed by atoms with Crippen LogP contribution in [0.15, 0.2) is 22.7 Å². The van der Waals surface area contributed by atoms with E-state index in [-0.39, 0.29) is 17.8 Å². The van der Waals surface area contributed by atoms with Crippen LogP contribution in [0.5, 0.6) is 0 Å². The van der Waals surface area contributed by atoms with E-state index in [0.29, 0.717) is 12.5 Å². The van der Waals surface area contributed by atoms with Gasteiger partial charge in [0.1, 0.15) is 0 Å². The fourth-order valence-corrected chi connectivity index (χ4v) is 3.60. The van der Waals surface area contributed by atoms with E-state index in [4.69, 9.17) is 0 Å². The molecule has 2 unspecified atom stereocenters. The molecular weight excluding hydrogens is 336 g/mol. The molecule has 0 saturated heterocycles. The lowest BCUT2D eigenvalue weighted by atomic mass is 9.77. The van der Waals surface area contributed by atoms with Crippen LogP contribution in [-0.2, 0) is 6.54 Å². The highest BCUT2D eigenvalue weighted by molar-refractivity contribution is 9.10. The Bertz CT molecular complexity index is 524. The lowest BCUT2D eigenvalue weighted by Crippen LogP contribution is -2.51. The molecule has 0 aliphatic heterocycles. The van der Waals surface area contributed by atoms with Crippen molar-refractivity contribution in [3.63, 3.8) is 0 Å². The number of hydrogen-bond donors (Lipinski definition) is 2. The molecule has 0 spiro atoms. The third kappa shape index (κ3) is 4.02. The monoisotopic (exact) mass is 356 g/mol. The van der Waals surface area contributed by atoms with Gasteiger partial charge in [0, 0.05) is 28.7 Å². The quantitative estimate of drug-likeness (QED) is 0.626. The van der Waals surface area contributed by atoms with Crippen LogP contribution >= 0.6 is 15.9 Å². The molecule has 0 bridgehead atoms. The number of benzene rings is 1. The van der Waals surface area contributed by atoms with Crippen molar-refractivity contribution in [2.45, 2.75) is 44.7 Å². The van der Waals surface area contributed by atoms with Crippen LogP contribution in [0.25, 0.3) is 0 Å². The van der Waals surface area contributed by atoms with Gasteiger partial charge in [-0.3, -0.25) is 10.1 Å². The minimum Gasteiger partial charge on any atom is -0.394 e. The van der Waals surface area contributed by atoms with Crippen molar-refractivity contribution in [1.29, 1.82) is 0 Å². The van der Waals surface area contributed by atoms with Gasteiger partial charge >= 0.3 is 0 Å². The number of nitrogens with one attached hydrogen (secondary N) is 1. The molecule has 0 radical (unpaired) electrons. The summed E-state index contributed by atoms with van der Waals surface area (Å²) in [6, 6.07) is 4.79. The molecule has 2 atom stereocenters. The first-order valence-corrected chi connectivity index (χ1v) is 8.04. The Hall–Kier alpha value is -0.980. The molecule has 116 valence electrons. The van der Waals surface area contributed by atoms with Crippen molar-refractivity contribution < 1.29 is 10.0 Å². The highest BCUT2D eigenvalue weighted by Crippen LogP contribution is 2.32. The molecular formula is C15H21BrN2O3. The zero-order valence-corrected chi connectivity index (χ0v) is 13.7. The Morgan fingerprint density at radius 2 is 2.33 bits per heavy atom. The first-order chi connectivity index (χ1) is 9.96. The molecule has 1 aromatic carbocycles. The first-order valence-electron chi connectivity index (χ1n) is 7.24. The normalized spacial score (nSPS) is 25.8. The fourth-order valence-electron chi connectivity index (χ4n) is 3.10. The average Bonchev–Trinajstić information content (AvgIpc) is 2.46. The van der Waals surface area contributed by atoms with E-state index in [1.165, 1.54) is 18.6 Å². The largest absolute Gasteiger partial charge is 0.394 e. The van der Waals surface area contributed by atoms with Crippen molar-refractivity contribution in [3.05, 3.63) is 38.3 Å². The van der Waals surface area contributed by atoms with Gasteiger partial charge in [-0.1, -0.05) is 35.7 Å². The number of rotatable bonds is 5. The third-order valence-electron chi connectivity index (χ3n) is 4.30. The van der Waals surface area contributed by atoms with Crippen LogP contribution in [0, 0.1) is 16.0 Å². The van der Waals surface area contributed by atoms with Gasteiger partial charge in [0.15, 0.2) is 0 Å². The molecule has 1 aliphatic carbocycles. The number of hydrogen-bond acceptors (Lipinski definition) is 4. The molecule has 5 nitrogen and oxygen atoms in total. The predicted molar refractivity (Wildman–Crippen MR) is 85.1 cm³/mol. The molecule has 1 aromatic rings. The van der Waals surface area contributed by atoms with Gasteiger partial charge in [-0.05, 0) is 30.4 Å². The smallest absolute Gasteiger partial charge is 0.270 e. The predicted octanol–water partition coefficient (Wildman–Crippen LogP) is 3.39. The average molecular weight is 357 g/mol. The van der Waals surface area contributed by atoms with Gasteiger partial charge < -0.3 is 10.4 Å². The molecule has 2 N–H and O–H groups in total. The number of aliphatic hydroxyl groups excluding tert-OH is 1. The van der Waals surface area contributed by atoms with Gasteiger partial charge in [0.05, 0.1) is 11.5 Å². The molecule has 1 aliphatic rings. The topological polar surface area (TPSA) is 75.4 Å². The Labute approximate surface area is 133 Å². The maximum absolute atomic E-state index is 10.7. The van der Waals surface area contributed by atoms with E-state index in [0.717, 1.165) is 29.3 Å². The number of aliphatic hydroxyl groups is 1. The molecule has 0 aromatic heterocycles. The van der Waals surface area contributed by atoms with Crippen LogP contribution in [0.4, 0.5) is 5.69 Å². The highest BCUT2D eigenvalue weighted by atomic mass is 79.9. The Kier molecular flexibility index (Phi) is 5.35. The zero-order chi connectivity index (χ0) is 15.5. The standard InChI is InChI=1S/C15H21BrN2O3/c1-11-3-2-6-15(8-11,10-19)17-9-12-4-5-13(18(20)21)7-14(12)16/h4-5,7,11,17,19H,2-3,6,8-10H2,1H3. The van der Waals surface area contributed by atoms with Crippen molar-refractivity contribution in [2.75, 3.05) is 6.61 Å². The number of nitro benzene ring substituents is 1. The van der Waals surface area contributed by atoms with Crippen molar-refractivity contribution in [2.24, 2.45) is 5.92 Å². The Morgan fingerprint density at radius 1 is 1.57 bits per heavy atom. The maximum atomic E-state index is 10.7. The second-order valence-electron chi connectivity index (χ2n) is 6.03. The number of halogens is 1. The van der Waals surface area contributed by atoms with Crippen LogP contribution < -0.4 is 5.32 Å². The molecule has 2 rings (SSSR count). The SMILES string of the molecule is CC1CCCC(CO)(NCc2ccc([N+](=O)[O-])cc2Br)C1. The van der Waals surface area contributed by atoms with Crippen LogP contribution in [-0.4, -0.2) is 22.2 Å². The summed E-state index contributed by atoms with van der Waals surface area (Å²) in [7, 11) is 0. The maximum Gasteiger partial charge on any atom is 0.270 e. The molecule has 6 heteroatoms. The first kappa shape index (κ1) is 16.4. The van der Waals surface area contributed by atoms with E-state index in [9.17, 15) is 15.2 Å². The summed E-state index contributed by atoms with van der Waals surface area (Å²) in [4.78, 5) is 10.3. The van der Waals surface area contributed by atoms with Crippen LogP contribution in [0.1, 0.15) is 38.2 Å². The van der Waals surface area contributed by atoms with Gasteiger partial charge in [0.2, 0.25) is 0 Å². The van der Waals surface area contributed by atoms with Crippen LogP contribution in [0.2, 0.25) is 0 Å². The molecule has 1 saturated carbocycles. The van der Waals surface area contributed by atoms with Crippen molar-refractivity contribution >= 4 is 21.6 Å². The summed E-state index contributed by atoms with van der Waals surface area (Å²) < 4.78 is 0.723. The van der Waals surface area contributed by atoms with E-state index in [2.05, 4.69) is 28.2 Å². The van der Waals surface area contributed by atoms with Crippen molar-refractivity contribution in [1.82, 2.24) is 5.32 Å². The summed E-state index contributed by atoms with van der Waals surface area (Å²) in [5.41, 5.74) is 0.819. The van der Waals surface area contributed by atoms with E-state index < -0.39 is 4.92 Å². The highest BCUT2D eigenvalue weighted by Gasteiger charge is 2.33. The summed E-state index contributed by atoms with van der Waals surface area (Å²) >= 11 is 3.38. The molecule has 0 amide bonds. The second kappa shape index (κ2) is 6.85. The third-order valence-corrected chi connectivity index (χ3v) is 5.03.